The fourth-order valence-electron chi connectivity index (χ4n) is 9.55. The second-order valence-electron chi connectivity index (χ2n) is 16.0. The van der Waals surface area contributed by atoms with Gasteiger partial charge in [-0.3, -0.25) is 0 Å². The first-order valence-electron chi connectivity index (χ1n) is 19.8. The van der Waals surface area contributed by atoms with Gasteiger partial charge in [0.1, 0.15) is 0 Å². The molecule has 8 aromatic rings. The number of benzene rings is 6. The summed E-state index contributed by atoms with van der Waals surface area (Å²) in [6.07, 6.45) is 18.2. The van der Waals surface area contributed by atoms with E-state index < -0.39 is 0 Å². The van der Waals surface area contributed by atoms with E-state index in [-0.39, 0.29) is 5.41 Å². The molecule has 11 rings (SSSR count). The second-order valence-corrected chi connectivity index (χ2v) is 17.1. The predicted molar refractivity (Wildman–Crippen MR) is 238 cm³/mol. The lowest BCUT2D eigenvalue weighted by atomic mass is 9.78. The summed E-state index contributed by atoms with van der Waals surface area (Å²) in [5, 5.41) is 3.80. The Morgan fingerprint density at radius 1 is 0.625 bits per heavy atom. The van der Waals surface area contributed by atoms with E-state index in [0.717, 1.165) is 40.1 Å². The van der Waals surface area contributed by atoms with Crippen LogP contribution in [0.5, 0.6) is 0 Å². The van der Waals surface area contributed by atoms with Crippen LogP contribution in [0.15, 0.2) is 170 Å². The Hall–Kier alpha value is -6.16. The minimum atomic E-state index is -0.186. The zero-order valence-electron chi connectivity index (χ0n) is 31.5. The van der Waals surface area contributed by atoms with Crippen LogP contribution in [-0.2, 0) is 5.41 Å². The maximum Gasteiger partial charge on any atom is 0.160 e. The van der Waals surface area contributed by atoms with Gasteiger partial charge >= 0.3 is 0 Å². The van der Waals surface area contributed by atoms with Crippen LogP contribution in [0.3, 0.4) is 0 Å². The number of fused-ring (bicyclic) bond motifs is 8. The summed E-state index contributed by atoms with van der Waals surface area (Å²) < 4.78 is 2.40. The predicted octanol–water partition coefficient (Wildman–Crippen LogP) is 14.4. The van der Waals surface area contributed by atoms with Gasteiger partial charge in [-0.2, -0.15) is 0 Å². The van der Waals surface area contributed by atoms with Crippen LogP contribution >= 0.6 is 11.3 Å². The number of nitrogens with zero attached hydrogens (tertiary/aromatic N) is 2. The molecule has 268 valence electrons. The van der Waals surface area contributed by atoms with Crippen LogP contribution in [0.2, 0.25) is 0 Å². The molecule has 2 aromatic heterocycles. The van der Waals surface area contributed by atoms with Crippen molar-refractivity contribution in [2.45, 2.75) is 32.1 Å². The van der Waals surface area contributed by atoms with Crippen LogP contribution in [-0.4, -0.2) is 9.97 Å². The van der Waals surface area contributed by atoms with Crippen LogP contribution in [0.25, 0.3) is 81.4 Å². The summed E-state index contributed by atoms with van der Waals surface area (Å²) in [6, 6.07) is 46.7. The quantitative estimate of drug-likeness (QED) is 0.176. The standard InChI is InChI=1S/C53H40N2S/c1-53(2)45-32-37(27-28-42(45)47-44(34-17-7-4-8-18-34)31-38-19-9-10-24-41(38)48(47)53)36-21-14-23-40(30-36)52-54-49(51-50(55-52)43-25-11-12-26-46(43)56-51)39-22-13-20-35(29-39)33-15-5-3-6-16-33/h3-15,17-19,21-33,35H,16,20H2,1-2H3. The van der Waals surface area contributed by atoms with Crippen LogP contribution in [0.1, 0.15) is 43.5 Å². The molecule has 2 nitrogen and oxygen atoms in total. The Balaban J connectivity index is 1.04. The first kappa shape index (κ1) is 33.2. The summed E-state index contributed by atoms with van der Waals surface area (Å²) in [5.74, 6) is 1.71. The molecular weight excluding hydrogens is 697 g/mol. The minimum absolute atomic E-state index is 0.186. The van der Waals surface area contributed by atoms with Crippen LogP contribution in [0.4, 0.5) is 0 Å². The molecule has 3 aliphatic carbocycles. The van der Waals surface area contributed by atoms with Gasteiger partial charge in [0, 0.05) is 21.1 Å². The molecule has 0 saturated carbocycles. The van der Waals surface area contributed by atoms with Gasteiger partial charge in [0.2, 0.25) is 0 Å². The van der Waals surface area contributed by atoms with Gasteiger partial charge in [-0.1, -0.05) is 160 Å². The summed E-state index contributed by atoms with van der Waals surface area (Å²) in [5.41, 5.74) is 14.5. The average molecular weight is 737 g/mol. The number of rotatable bonds is 5. The van der Waals surface area contributed by atoms with Gasteiger partial charge in [0.05, 0.1) is 15.9 Å². The minimum Gasteiger partial charge on any atom is -0.226 e. The Labute approximate surface area is 331 Å². The van der Waals surface area contributed by atoms with E-state index in [1.54, 1.807) is 11.3 Å². The smallest absolute Gasteiger partial charge is 0.160 e. The van der Waals surface area contributed by atoms with E-state index in [1.165, 1.54) is 70.9 Å². The molecule has 0 radical (unpaired) electrons. The molecule has 0 amide bonds. The lowest BCUT2D eigenvalue weighted by molar-refractivity contribution is 0.479. The van der Waals surface area contributed by atoms with E-state index in [9.17, 15) is 0 Å². The number of hydrogen-bond donors (Lipinski definition) is 0. The molecule has 2 unspecified atom stereocenters. The fourth-order valence-corrected chi connectivity index (χ4v) is 10.7. The van der Waals surface area contributed by atoms with Gasteiger partial charge in [0.15, 0.2) is 5.82 Å². The van der Waals surface area contributed by atoms with Gasteiger partial charge < -0.3 is 0 Å². The number of aromatic nitrogens is 2. The third kappa shape index (κ3) is 5.29. The van der Waals surface area contributed by atoms with Gasteiger partial charge in [0.25, 0.3) is 0 Å². The van der Waals surface area contributed by atoms with Crippen molar-refractivity contribution in [2.75, 3.05) is 0 Å². The number of allylic oxidation sites excluding steroid dienone is 8. The second kappa shape index (κ2) is 13.0. The van der Waals surface area contributed by atoms with Crippen molar-refractivity contribution in [1.29, 1.82) is 0 Å². The van der Waals surface area contributed by atoms with Crippen molar-refractivity contribution in [2.24, 2.45) is 11.8 Å². The van der Waals surface area contributed by atoms with Gasteiger partial charge in [-0.05, 0) is 110 Å². The monoisotopic (exact) mass is 736 g/mol. The zero-order valence-corrected chi connectivity index (χ0v) is 32.4. The molecule has 2 atom stereocenters. The van der Waals surface area contributed by atoms with Crippen molar-refractivity contribution >= 4 is 48.0 Å². The third-order valence-corrected chi connectivity index (χ3v) is 13.5. The highest BCUT2D eigenvalue weighted by molar-refractivity contribution is 7.26. The van der Waals surface area contributed by atoms with E-state index in [4.69, 9.17) is 9.97 Å². The zero-order chi connectivity index (χ0) is 37.4. The van der Waals surface area contributed by atoms with Crippen molar-refractivity contribution in [3.8, 4) is 44.8 Å². The van der Waals surface area contributed by atoms with E-state index in [2.05, 4.69) is 184 Å². The molecule has 0 aliphatic heterocycles. The van der Waals surface area contributed by atoms with E-state index >= 15 is 0 Å². The molecule has 0 fully saturated rings. The molecule has 0 N–H and O–H groups in total. The lowest BCUT2D eigenvalue weighted by Crippen LogP contribution is -2.15. The SMILES string of the molecule is CC1(C)c2cc(-c3cccc(-c4nc(C5=CC(C6C=CC=CC6)CC=C5)c5sc6ccccc6c5n4)c3)ccc2-c2c(-c3ccccc3)cc3ccccc3c21. The van der Waals surface area contributed by atoms with Crippen molar-refractivity contribution in [3.63, 3.8) is 0 Å². The summed E-state index contributed by atoms with van der Waals surface area (Å²) in [7, 11) is 0. The Kier molecular flexibility index (Phi) is 7.69. The van der Waals surface area contributed by atoms with Crippen molar-refractivity contribution in [3.05, 3.63) is 187 Å². The molecule has 3 aliphatic rings. The molecule has 3 heteroatoms. The van der Waals surface area contributed by atoms with Gasteiger partial charge in [-0.15, -0.1) is 11.3 Å². The lowest BCUT2D eigenvalue weighted by Gasteiger charge is -2.24. The summed E-state index contributed by atoms with van der Waals surface area (Å²) >= 11 is 1.80. The molecular formula is C53H40N2S. The van der Waals surface area contributed by atoms with Gasteiger partial charge in [-0.25, -0.2) is 9.97 Å². The highest BCUT2D eigenvalue weighted by atomic mass is 32.1. The Bertz CT molecular complexity index is 3010. The topological polar surface area (TPSA) is 25.8 Å². The third-order valence-electron chi connectivity index (χ3n) is 12.3. The maximum absolute atomic E-state index is 5.43. The highest BCUT2D eigenvalue weighted by Crippen LogP contribution is 2.55. The normalized spacial score (nSPS) is 18.1. The largest absolute Gasteiger partial charge is 0.226 e. The first-order chi connectivity index (χ1) is 27.5. The molecule has 0 saturated heterocycles. The molecule has 2 heterocycles. The first-order valence-corrected chi connectivity index (χ1v) is 20.6. The molecule has 0 bridgehead atoms. The summed E-state index contributed by atoms with van der Waals surface area (Å²) in [6.45, 7) is 4.80. The van der Waals surface area contributed by atoms with E-state index in [0.29, 0.717) is 11.8 Å². The molecule has 6 aromatic carbocycles. The maximum atomic E-state index is 5.43. The van der Waals surface area contributed by atoms with Crippen LogP contribution in [0, 0.1) is 11.8 Å². The molecule has 0 spiro atoms. The van der Waals surface area contributed by atoms with Crippen molar-refractivity contribution in [1.82, 2.24) is 9.97 Å². The number of hydrogen-bond acceptors (Lipinski definition) is 3. The Morgan fingerprint density at radius 2 is 1.39 bits per heavy atom. The summed E-state index contributed by atoms with van der Waals surface area (Å²) in [4.78, 5) is 10.8. The highest BCUT2D eigenvalue weighted by Gasteiger charge is 2.39. The Morgan fingerprint density at radius 3 is 2.27 bits per heavy atom. The van der Waals surface area contributed by atoms with Crippen molar-refractivity contribution < 1.29 is 0 Å². The molecule has 56 heavy (non-hydrogen) atoms. The number of thiophene rings is 1. The average Bonchev–Trinajstić information content (AvgIpc) is 3.75. The fraction of sp³-hybridized carbons (Fsp3) is 0.132. The van der Waals surface area contributed by atoms with E-state index in [1.807, 2.05) is 0 Å². The van der Waals surface area contributed by atoms with Crippen LogP contribution < -0.4 is 0 Å².